The molecule has 0 fully saturated rings. The highest BCUT2D eigenvalue weighted by molar-refractivity contribution is 6.30. The fourth-order valence-corrected chi connectivity index (χ4v) is 1.24. The first-order valence-corrected chi connectivity index (χ1v) is 4.78. The molecule has 0 atom stereocenters. The van der Waals surface area contributed by atoms with Crippen LogP contribution in [0.1, 0.15) is 12.0 Å². The van der Waals surface area contributed by atoms with Crippen molar-refractivity contribution in [2.45, 2.75) is 6.42 Å². The zero-order valence-corrected chi connectivity index (χ0v) is 8.94. The molecule has 4 nitrogen and oxygen atoms in total. The van der Waals surface area contributed by atoms with Crippen LogP contribution in [0.5, 0.6) is 0 Å². The topological polar surface area (TPSA) is 74.6 Å². The van der Waals surface area contributed by atoms with Crippen LogP contribution in [0.3, 0.4) is 0 Å². The summed E-state index contributed by atoms with van der Waals surface area (Å²) in [6, 6.07) is 6.45. The van der Waals surface area contributed by atoms with E-state index >= 15 is 0 Å². The highest BCUT2D eigenvalue weighted by Gasteiger charge is 2.11. The van der Waals surface area contributed by atoms with Crippen LogP contribution in [-0.2, 0) is 9.59 Å². The molecule has 16 heavy (non-hydrogen) atoms. The number of halogens is 1. The Morgan fingerprint density at radius 3 is 2.19 bits per heavy atom. The Hall–Kier alpha value is -1.81. The van der Waals surface area contributed by atoms with Gasteiger partial charge in [0.25, 0.3) is 0 Å². The van der Waals surface area contributed by atoms with Crippen molar-refractivity contribution in [3.8, 4) is 0 Å². The molecule has 0 saturated heterocycles. The number of hydrogen-bond donors (Lipinski definition) is 2. The van der Waals surface area contributed by atoms with Gasteiger partial charge in [0.15, 0.2) is 0 Å². The van der Waals surface area contributed by atoms with E-state index in [2.05, 4.69) is 0 Å². The summed E-state index contributed by atoms with van der Waals surface area (Å²) in [7, 11) is 0. The number of carbonyl (C=O) groups is 2. The van der Waals surface area contributed by atoms with Crippen molar-refractivity contribution in [1.82, 2.24) is 0 Å². The van der Waals surface area contributed by atoms with Crippen molar-refractivity contribution in [1.29, 1.82) is 0 Å². The molecule has 84 valence electrons. The summed E-state index contributed by atoms with van der Waals surface area (Å²) < 4.78 is 0. The van der Waals surface area contributed by atoms with Gasteiger partial charge in [-0.1, -0.05) is 23.7 Å². The predicted octanol–water partition coefficient (Wildman–Crippen LogP) is 2.28. The maximum Gasteiger partial charge on any atom is 0.332 e. The Kier molecular flexibility index (Phi) is 4.08. The second-order valence-corrected chi connectivity index (χ2v) is 3.53. The number of benzene rings is 1. The van der Waals surface area contributed by atoms with Gasteiger partial charge in [-0.15, -0.1) is 0 Å². The van der Waals surface area contributed by atoms with Crippen molar-refractivity contribution in [2.75, 3.05) is 0 Å². The minimum atomic E-state index is -1.24. The molecular formula is C11H9ClO4. The van der Waals surface area contributed by atoms with Crippen LogP contribution in [0.15, 0.2) is 29.8 Å². The molecule has 0 aliphatic rings. The van der Waals surface area contributed by atoms with Gasteiger partial charge >= 0.3 is 11.9 Å². The van der Waals surface area contributed by atoms with Crippen LogP contribution >= 0.6 is 11.6 Å². The molecule has 5 heteroatoms. The van der Waals surface area contributed by atoms with E-state index in [0.29, 0.717) is 10.6 Å². The maximum absolute atomic E-state index is 10.7. The predicted molar refractivity (Wildman–Crippen MR) is 59.3 cm³/mol. The van der Waals surface area contributed by atoms with Crippen molar-refractivity contribution < 1.29 is 19.8 Å². The van der Waals surface area contributed by atoms with E-state index in [-0.39, 0.29) is 5.57 Å². The molecule has 0 saturated carbocycles. The van der Waals surface area contributed by atoms with Gasteiger partial charge in [0, 0.05) is 10.6 Å². The van der Waals surface area contributed by atoms with Gasteiger partial charge in [-0.3, -0.25) is 4.79 Å². The van der Waals surface area contributed by atoms with Crippen LogP contribution in [0.25, 0.3) is 6.08 Å². The van der Waals surface area contributed by atoms with Gasteiger partial charge in [-0.05, 0) is 23.8 Å². The minimum absolute atomic E-state index is 0.171. The number of hydrogen-bond acceptors (Lipinski definition) is 2. The van der Waals surface area contributed by atoms with E-state index < -0.39 is 18.4 Å². The molecule has 2 N–H and O–H groups in total. The molecule has 0 amide bonds. The Morgan fingerprint density at radius 2 is 1.75 bits per heavy atom. The third-order valence-corrected chi connectivity index (χ3v) is 2.08. The fourth-order valence-electron chi connectivity index (χ4n) is 1.11. The van der Waals surface area contributed by atoms with E-state index in [9.17, 15) is 9.59 Å². The molecule has 0 aromatic heterocycles. The first-order chi connectivity index (χ1) is 7.49. The first-order valence-electron chi connectivity index (χ1n) is 4.40. The Morgan fingerprint density at radius 1 is 1.19 bits per heavy atom. The van der Waals surface area contributed by atoms with E-state index in [4.69, 9.17) is 21.8 Å². The maximum atomic E-state index is 10.7. The van der Waals surface area contributed by atoms with E-state index in [1.165, 1.54) is 6.08 Å². The summed E-state index contributed by atoms with van der Waals surface area (Å²) >= 11 is 5.66. The Bertz CT molecular complexity index is 434. The van der Waals surface area contributed by atoms with Crippen molar-refractivity contribution in [3.05, 3.63) is 40.4 Å². The largest absolute Gasteiger partial charge is 0.481 e. The summed E-state index contributed by atoms with van der Waals surface area (Å²) in [5.41, 5.74) is 0.429. The normalized spacial score (nSPS) is 11.2. The zero-order valence-electron chi connectivity index (χ0n) is 8.18. The van der Waals surface area contributed by atoms with Gasteiger partial charge in [-0.25, -0.2) is 4.79 Å². The molecule has 0 aliphatic carbocycles. The lowest BCUT2D eigenvalue weighted by molar-refractivity contribution is -0.139. The number of carboxylic acid groups (broad SMARTS) is 2. The van der Waals surface area contributed by atoms with Gasteiger partial charge in [0.05, 0.1) is 6.42 Å². The summed E-state index contributed by atoms with van der Waals surface area (Å²) in [6.45, 7) is 0. The highest BCUT2D eigenvalue weighted by Crippen LogP contribution is 2.14. The Labute approximate surface area is 96.8 Å². The van der Waals surface area contributed by atoms with Crippen LogP contribution in [0.2, 0.25) is 5.02 Å². The second kappa shape index (κ2) is 5.32. The lowest BCUT2D eigenvalue weighted by atomic mass is 10.1. The van der Waals surface area contributed by atoms with Gasteiger partial charge < -0.3 is 10.2 Å². The van der Waals surface area contributed by atoms with Gasteiger partial charge in [0.1, 0.15) is 0 Å². The van der Waals surface area contributed by atoms with Crippen LogP contribution < -0.4 is 0 Å². The standard InChI is InChI=1S/C11H9ClO4/c12-9-3-1-7(2-4-9)5-8(11(15)16)6-10(13)14/h1-5H,6H2,(H,13,14)(H,15,16). The summed E-state index contributed by atoms with van der Waals surface area (Å²) in [5, 5.41) is 17.8. The Balaban J connectivity index is 2.97. The molecule has 0 unspecified atom stereocenters. The van der Waals surface area contributed by atoms with Crippen molar-refractivity contribution in [2.24, 2.45) is 0 Å². The third kappa shape index (κ3) is 3.74. The first kappa shape index (κ1) is 12.3. The summed E-state index contributed by atoms with van der Waals surface area (Å²) in [5.74, 6) is -2.42. The molecule has 1 aromatic carbocycles. The van der Waals surface area contributed by atoms with Crippen molar-refractivity contribution in [3.63, 3.8) is 0 Å². The van der Waals surface area contributed by atoms with Gasteiger partial charge in [-0.2, -0.15) is 0 Å². The van der Waals surface area contributed by atoms with E-state index in [0.717, 1.165) is 0 Å². The molecule has 0 heterocycles. The number of aliphatic carboxylic acids is 2. The average molecular weight is 241 g/mol. The molecule has 1 aromatic rings. The average Bonchev–Trinajstić information content (AvgIpc) is 2.19. The van der Waals surface area contributed by atoms with Gasteiger partial charge in [0.2, 0.25) is 0 Å². The smallest absolute Gasteiger partial charge is 0.332 e. The zero-order chi connectivity index (χ0) is 12.1. The molecule has 1 rings (SSSR count). The molecule has 0 radical (unpaired) electrons. The lowest BCUT2D eigenvalue weighted by Crippen LogP contribution is -2.06. The number of carboxylic acids is 2. The fraction of sp³-hybridized carbons (Fsp3) is 0.0909. The molecule has 0 aliphatic heterocycles. The lowest BCUT2D eigenvalue weighted by Gasteiger charge is -1.99. The van der Waals surface area contributed by atoms with Crippen molar-refractivity contribution >= 4 is 29.6 Å². The van der Waals surface area contributed by atoms with Crippen LogP contribution in [0, 0.1) is 0 Å². The minimum Gasteiger partial charge on any atom is -0.481 e. The third-order valence-electron chi connectivity index (χ3n) is 1.83. The quantitative estimate of drug-likeness (QED) is 0.792. The number of rotatable bonds is 4. The summed E-state index contributed by atoms with van der Waals surface area (Å²) in [4.78, 5) is 21.2. The molecule has 0 spiro atoms. The SMILES string of the molecule is O=C(O)CC(=Cc1ccc(Cl)cc1)C(=O)O. The molecule has 0 bridgehead atoms. The van der Waals surface area contributed by atoms with Crippen LogP contribution in [-0.4, -0.2) is 22.2 Å². The highest BCUT2D eigenvalue weighted by atomic mass is 35.5. The van der Waals surface area contributed by atoms with E-state index in [1.807, 2.05) is 0 Å². The second-order valence-electron chi connectivity index (χ2n) is 3.10. The van der Waals surface area contributed by atoms with Crippen LogP contribution in [0.4, 0.5) is 0 Å². The molecular weight excluding hydrogens is 232 g/mol. The monoisotopic (exact) mass is 240 g/mol. The summed E-state index contributed by atoms with van der Waals surface area (Å²) in [6.07, 6.45) is 0.796. The van der Waals surface area contributed by atoms with E-state index in [1.54, 1.807) is 24.3 Å².